The van der Waals surface area contributed by atoms with Crippen molar-refractivity contribution in [3.63, 3.8) is 0 Å². The molecule has 192 valence electrons. The number of nitrogens with one attached hydrogen (secondary N) is 2. The van der Waals surface area contributed by atoms with E-state index in [0.29, 0.717) is 17.7 Å². The molecule has 3 amide bonds. The number of carbonyl (C=O) groups excluding carboxylic acids is 3. The van der Waals surface area contributed by atoms with Gasteiger partial charge in [-0.1, -0.05) is 50.6 Å². The van der Waals surface area contributed by atoms with Gasteiger partial charge >= 0.3 is 6.09 Å². The number of hydrogen-bond acceptors (Lipinski definition) is 5. The van der Waals surface area contributed by atoms with Crippen molar-refractivity contribution < 1.29 is 19.1 Å². The van der Waals surface area contributed by atoms with Crippen molar-refractivity contribution in [3.8, 4) is 12.5 Å². The largest absolute Gasteiger partial charge is 0.444 e. The second-order valence-corrected chi connectivity index (χ2v) is 10.3. The van der Waals surface area contributed by atoms with Gasteiger partial charge in [-0.15, -0.1) is 0 Å². The normalized spacial score (nSPS) is 13.5. The standard InChI is InChI=1S/C27H39N3O4S/c1-9-13-19(4)28-24(31)23(21-15-12-14-20(10-2)18-21)30(11-3)25(32)22(16-17-35-8)29-26(33)34-27(5,6)7/h3,10,12,14-15,18-19,22-23H,2,9,13,16-17H2,1,4-8H3,(H,28,31)(H,29,33). The average molecular weight is 502 g/mol. The van der Waals surface area contributed by atoms with Crippen LogP contribution < -0.4 is 10.6 Å². The highest BCUT2D eigenvalue weighted by atomic mass is 32.2. The lowest BCUT2D eigenvalue weighted by molar-refractivity contribution is -0.138. The maximum absolute atomic E-state index is 13.7. The van der Waals surface area contributed by atoms with Gasteiger partial charge in [0.25, 0.3) is 5.91 Å². The van der Waals surface area contributed by atoms with Gasteiger partial charge in [0.05, 0.1) is 0 Å². The van der Waals surface area contributed by atoms with Gasteiger partial charge in [0.2, 0.25) is 5.91 Å². The van der Waals surface area contributed by atoms with Crippen LogP contribution in [0, 0.1) is 12.5 Å². The van der Waals surface area contributed by atoms with Crippen LogP contribution in [0.2, 0.25) is 0 Å². The van der Waals surface area contributed by atoms with E-state index in [4.69, 9.17) is 11.2 Å². The second-order valence-electron chi connectivity index (χ2n) is 9.29. The number of rotatable bonds is 12. The molecule has 0 aliphatic heterocycles. The van der Waals surface area contributed by atoms with Crippen LogP contribution in [0.25, 0.3) is 6.08 Å². The first-order valence-corrected chi connectivity index (χ1v) is 13.2. The summed E-state index contributed by atoms with van der Waals surface area (Å²) in [6, 6.07) is 7.42. The van der Waals surface area contributed by atoms with Crippen molar-refractivity contribution in [3.05, 3.63) is 42.0 Å². The van der Waals surface area contributed by atoms with Crippen molar-refractivity contribution in [2.24, 2.45) is 0 Å². The Morgan fingerprint density at radius 2 is 1.94 bits per heavy atom. The highest BCUT2D eigenvalue weighted by Gasteiger charge is 2.36. The quantitative estimate of drug-likeness (QED) is 0.319. The number of terminal acetylenes is 1. The highest BCUT2D eigenvalue weighted by molar-refractivity contribution is 7.98. The molecule has 3 atom stereocenters. The Bertz CT molecular complexity index is 920. The monoisotopic (exact) mass is 501 g/mol. The number of hydrogen-bond donors (Lipinski definition) is 2. The molecule has 1 rings (SSSR count). The first kappa shape index (κ1) is 30.1. The van der Waals surface area contributed by atoms with Crippen LogP contribution in [-0.4, -0.2) is 52.5 Å². The Morgan fingerprint density at radius 3 is 2.49 bits per heavy atom. The lowest BCUT2D eigenvalue weighted by Gasteiger charge is -2.31. The van der Waals surface area contributed by atoms with E-state index in [1.165, 1.54) is 11.8 Å². The summed E-state index contributed by atoms with van der Waals surface area (Å²) in [5, 5.41) is 5.61. The third-order valence-corrected chi connectivity index (χ3v) is 5.70. The molecule has 1 aromatic rings. The molecule has 3 unspecified atom stereocenters. The number of benzene rings is 1. The van der Waals surface area contributed by atoms with Crippen LogP contribution in [0.15, 0.2) is 30.8 Å². The van der Waals surface area contributed by atoms with Crippen LogP contribution in [-0.2, 0) is 14.3 Å². The molecule has 0 bridgehead atoms. The van der Waals surface area contributed by atoms with Gasteiger partial charge in [-0.05, 0) is 69.7 Å². The number of alkyl carbamates (subject to hydrolysis) is 1. The van der Waals surface area contributed by atoms with Gasteiger partial charge in [-0.3, -0.25) is 14.5 Å². The molecule has 0 spiro atoms. The molecular formula is C27H39N3O4S. The van der Waals surface area contributed by atoms with E-state index < -0.39 is 29.7 Å². The van der Waals surface area contributed by atoms with Crippen molar-refractivity contribution >= 4 is 35.7 Å². The van der Waals surface area contributed by atoms with Gasteiger partial charge in [0, 0.05) is 12.1 Å². The van der Waals surface area contributed by atoms with Gasteiger partial charge in [0.1, 0.15) is 17.7 Å². The minimum absolute atomic E-state index is 0.0977. The van der Waals surface area contributed by atoms with Crippen LogP contribution in [0.5, 0.6) is 0 Å². The summed E-state index contributed by atoms with van der Waals surface area (Å²) in [6.45, 7) is 12.9. The summed E-state index contributed by atoms with van der Waals surface area (Å²) in [6.07, 6.45) is 10.7. The Morgan fingerprint density at radius 1 is 1.26 bits per heavy atom. The van der Waals surface area contributed by atoms with E-state index in [9.17, 15) is 14.4 Å². The van der Waals surface area contributed by atoms with Gasteiger partial charge in [-0.25, -0.2) is 4.79 Å². The first-order chi connectivity index (χ1) is 16.5. The Labute approximate surface area is 214 Å². The average Bonchev–Trinajstić information content (AvgIpc) is 2.78. The zero-order valence-electron chi connectivity index (χ0n) is 21.7. The van der Waals surface area contributed by atoms with E-state index in [-0.39, 0.29) is 11.9 Å². The van der Waals surface area contributed by atoms with E-state index >= 15 is 0 Å². The summed E-state index contributed by atoms with van der Waals surface area (Å²) in [5.41, 5.74) is 0.610. The van der Waals surface area contributed by atoms with Crippen molar-refractivity contribution in [1.82, 2.24) is 15.5 Å². The molecule has 1 aromatic carbocycles. The second kappa shape index (κ2) is 14.5. The van der Waals surface area contributed by atoms with E-state index in [2.05, 4.69) is 23.3 Å². The predicted octanol–water partition coefficient (Wildman–Crippen LogP) is 4.74. The van der Waals surface area contributed by atoms with Crippen LogP contribution in [0.1, 0.15) is 71.0 Å². The van der Waals surface area contributed by atoms with Crippen LogP contribution in [0.3, 0.4) is 0 Å². The van der Waals surface area contributed by atoms with Gasteiger partial charge < -0.3 is 15.4 Å². The van der Waals surface area contributed by atoms with Crippen molar-refractivity contribution in [2.45, 2.75) is 77.6 Å². The van der Waals surface area contributed by atoms with E-state index in [1.54, 1.807) is 45.0 Å². The van der Waals surface area contributed by atoms with Crippen molar-refractivity contribution in [2.75, 3.05) is 12.0 Å². The molecule has 0 aliphatic rings. The van der Waals surface area contributed by atoms with Gasteiger partial charge in [-0.2, -0.15) is 11.8 Å². The lowest BCUT2D eigenvalue weighted by Crippen LogP contribution is -2.52. The fourth-order valence-electron chi connectivity index (χ4n) is 3.48. The molecule has 0 fully saturated rings. The zero-order valence-corrected chi connectivity index (χ0v) is 22.5. The zero-order chi connectivity index (χ0) is 26.6. The minimum atomic E-state index is -1.08. The highest BCUT2D eigenvalue weighted by Crippen LogP contribution is 2.24. The molecule has 0 aromatic heterocycles. The molecular weight excluding hydrogens is 462 g/mol. The SMILES string of the molecule is C#CN(C(=O)C(CCSC)NC(=O)OC(C)(C)C)C(C(=O)NC(C)CCC)c1cccc(C=C)c1. The molecule has 8 heteroatoms. The third kappa shape index (κ3) is 10.1. The summed E-state index contributed by atoms with van der Waals surface area (Å²) < 4.78 is 5.34. The molecule has 7 nitrogen and oxygen atoms in total. The molecule has 0 aliphatic carbocycles. The molecule has 0 heterocycles. The number of thioether (sulfide) groups is 1. The van der Waals surface area contributed by atoms with Crippen molar-refractivity contribution in [1.29, 1.82) is 0 Å². The summed E-state index contributed by atoms with van der Waals surface area (Å²) in [7, 11) is 0. The molecule has 0 saturated heterocycles. The first-order valence-electron chi connectivity index (χ1n) is 11.8. The summed E-state index contributed by atoms with van der Waals surface area (Å²) in [4.78, 5) is 40.6. The maximum atomic E-state index is 13.7. The molecule has 0 radical (unpaired) electrons. The Balaban J connectivity index is 3.39. The number of carbonyl (C=O) groups is 3. The van der Waals surface area contributed by atoms with Gasteiger partial charge in [0.15, 0.2) is 0 Å². The molecule has 2 N–H and O–H groups in total. The fourth-order valence-corrected chi connectivity index (χ4v) is 3.95. The number of amides is 3. The Kier molecular flexibility index (Phi) is 12.5. The van der Waals surface area contributed by atoms with Crippen LogP contribution >= 0.6 is 11.8 Å². The number of nitrogens with zero attached hydrogens (tertiary/aromatic N) is 1. The summed E-state index contributed by atoms with van der Waals surface area (Å²) >= 11 is 1.53. The molecule has 0 saturated carbocycles. The predicted molar refractivity (Wildman–Crippen MR) is 144 cm³/mol. The summed E-state index contributed by atoms with van der Waals surface area (Å²) in [5.74, 6) is -0.347. The molecule has 35 heavy (non-hydrogen) atoms. The topological polar surface area (TPSA) is 87.7 Å². The third-order valence-electron chi connectivity index (χ3n) is 5.06. The maximum Gasteiger partial charge on any atom is 0.408 e. The van der Waals surface area contributed by atoms with E-state index in [1.807, 2.05) is 26.2 Å². The fraction of sp³-hybridized carbons (Fsp3) is 0.519. The minimum Gasteiger partial charge on any atom is -0.444 e. The smallest absolute Gasteiger partial charge is 0.408 e. The number of ether oxygens (including phenoxy) is 1. The van der Waals surface area contributed by atoms with E-state index in [0.717, 1.165) is 23.3 Å². The lowest BCUT2D eigenvalue weighted by atomic mass is 10.00. The van der Waals surface area contributed by atoms with Crippen LogP contribution in [0.4, 0.5) is 4.79 Å². The Hall–Kier alpha value is -2.92.